The van der Waals surface area contributed by atoms with Crippen LogP contribution in [0.15, 0.2) is 24.3 Å². The molecule has 1 aliphatic carbocycles. The molecule has 0 N–H and O–H groups in total. The SMILES string of the molecule is COCC1(COC)C=CC=CC1. The fourth-order valence-corrected chi connectivity index (χ4v) is 1.54. The van der Waals surface area contributed by atoms with E-state index in [1.54, 1.807) is 14.2 Å². The maximum atomic E-state index is 5.17. The second kappa shape index (κ2) is 4.43. The third kappa shape index (κ3) is 2.19. The number of hydrogen-bond acceptors (Lipinski definition) is 2. The van der Waals surface area contributed by atoms with Crippen LogP contribution < -0.4 is 0 Å². The first-order chi connectivity index (χ1) is 5.83. The summed E-state index contributed by atoms with van der Waals surface area (Å²) in [6.07, 6.45) is 9.44. The van der Waals surface area contributed by atoms with Crippen LogP contribution in [0.3, 0.4) is 0 Å². The van der Waals surface area contributed by atoms with E-state index in [1.165, 1.54) is 0 Å². The molecule has 0 saturated heterocycles. The van der Waals surface area contributed by atoms with Crippen molar-refractivity contribution in [3.63, 3.8) is 0 Å². The van der Waals surface area contributed by atoms with Gasteiger partial charge >= 0.3 is 0 Å². The van der Waals surface area contributed by atoms with Crippen molar-refractivity contribution >= 4 is 0 Å². The Morgan fingerprint density at radius 3 is 2.25 bits per heavy atom. The van der Waals surface area contributed by atoms with Gasteiger partial charge in [-0.2, -0.15) is 0 Å². The van der Waals surface area contributed by atoms with Crippen LogP contribution in [0, 0.1) is 5.41 Å². The van der Waals surface area contributed by atoms with Gasteiger partial charge in [0.25, 0.3) is 0 Å². The number of allylic oxidation sites excluding steroid dienone is 3. The fourth-order valence-electron chi connectivity index (χ4n) is 1.54. The van der Waals surface area contributed by atoms with Gasteiger partial charge in [-0.25, -0.2) is 0 Å². The van der Waals surface area contributed by atoms with Gasteiger partial charge in [-0.3, -0.25) is 0 Å². The number of rotatable bonds is 4. The molecule has 0 fully saturated rings. The lowest BCUT2D eigenvalue weighted by molar-refractivity contribution is 0.0417. The molecular weight excluding hydrogens is 152 g/mol. The number of ether oxygens (including phenoxy) is 2. The van der Waals surface area contributed by atoms with Crippen LogP contribution in [-0.2, 0) is 9.47 Å². The zero-order valence-electron chi connectivity index (χ0n) is 7.75. The quantitative estimate of drug-likeness (QED) is 0.637. The summed E-state index contributed by atoms with van der Waals surface area (Å²) in [5.74, 6) is 0. The smallest absolute Gasteiger partial charge is 0.0578 e. The highest BCUT2D eigenvalue weighted by molar-refractivity contribution is 5.16. The van der Waals surface area contributed by atoms with Crippen molar-refractivity contribution in [2.75, 3.05) is 27.4 Å². The largest absolute Gasteiger partial charge is 0.384 e. The van der Waals surface area contributed by atoms with E-state index in [9.17, 15) is 0 Å². The zero-order valence-corrected chi connectivity index (χ0v) is 7.75. The fraction of sp³-hybridized carbons (Fsp3) is 0.600. The summed E-state index contributed by atoms with van der Waals surface area (Å²) in [5, 5.41) is 0. The van der Waals surface area contributed by atoms with Crippen molar-refractivity contribution in [3.8, 4) is 0 Å². The van der Waals surface area contributed by atoms with E-state index in [0.29, 0.717) is 0 Å². The summed E-state index contributed by atoms with van der Waals surface area (Å²) in [6.45, 7) is 1.45. The molecule has 1 aliphatic rings. The first-order valence-electron chi connectivity index (χ1n) is 4.15. The minimum atomic E-state index is 0.0677. The maximum Gasteiger partial charge on any atom is 0.0578 e. The number of methoxy groups -OCH3 is 2. The summed E-state index contributed by atoms with van der Waals surface area (Å²) < 4.78 is 10.3. The summed E-state index contributed by atoms with van der Waals surface area (Å²) in [6, 6.07) is 0. The Labute approximate surface area is 73.9 Å². The Bertz CT molecular complexity index is 176. The minimum Gasteiger partial charge on any atom is -0.384 e. The van der Waals surface area contributed by atoms with Gasteiger partial charge in [-0.15, -0.1) is 0 Å². The van der Waals surface area contributed by atoms with E-state index in [0.717, 1.165) is 19.6 Å². The molecule has 0 amide bonds. The molecular formula is C10H16O2. The van der Waals surface area contributed by atoms with E-state index in [1.807, 2.05) is 0 Å². The molecule has 0 unspecified atom stereocenters. The Balaban J connectivity index is 2.59. The average molecular weight is 168 g/mol. The minimum absolute atomic E-state index is 0.0677. The Morgan fingerprint density at radius 2 is 1.83 bits per heavy atom. The van der Waals surface area contributed by atoms with Crippen molar-refractivity contribution < 1.29 is 9.47 Å². The highest BCUT2D eigenvalue weighted by Crippen LogP contribution is 2.28. The lowest BCUT2D eigenvalue weighted by Crippen LogP contribution is -2.29. The van der Waals surface area contributed by atoms with Crippen molar-refractivity contribution in [1.29, 1.82) is 0 Å². The third-order valence-corrected chi connectivity index (χ3v) is 2.08. The molecule has 0 saturated carbocycles. The van der Waals surface area contributed by atoms with Crippen molar-refractivity contribution in [2.24, 2.45) is 5.41 Å². The van der Waals surface area contributed by atoms with Gasteiger partial charge in [0.15, 0.2) is 0 Å². The second-order valence-corrected chi connectivity index (χ2v) is 3.22. The summed E-state index contributed by atoms with van der Waals surface area (Å²) >= 11 is 0. The molecule has 0 aromatic heterocycles. The second-order valence-electron chi connectivity index (χ2n) is 3.22. The Morgan fingerprint density at radius 1 is 1.17 bits per heavy atom. The van der Waals surface area contributed by atoms with E-state index < -0.39 is 0 Å². The van der Waals surface area contributed by atoms with Gasteiger partial charge in [0.1, 0.15) is 0 Å². The third-order valence-electron chi connectivity index (χ3n) is 2.08. The van der Waals surface area contributed by atoms with Crippen LogP contribution in [-0.4, -0.2) is 27.4 Å². The molecule has 0 heterocycles. The van der Waals surface area contributed by atoms with Crippen LogP contribution in [0.5, 0.6) is 0 Å². The normalized spacial score (nSPS) is 19.8. The predicted molar refractivity (Wildman–Crippen MR) is 49.1 cm³/mol. The van der Waals surface area contributed by atoms with Crippen molar-refractivity contribution in [3.05, 3.63) is 24.3 Å². The van der Waals surface area contributed by atoms with E-state index in [4.69, 9.17) is 9.47 Å². The van der Waals surface area contributed by atoms with Gasteiger partial charge < -0.3 is 9.47 Å². The van der Waals surface area contributed by atoms with E-state index in [2.05, 4.69) is 24.3 Å². The Hall–Kier alpha value is -0.600. The topological polar surface area (TPSA) is 18.5 Å². The van der Waals surface area contributed by atoms with E-state index in [-0.39, 0.29) is 5.41 Å². The highest BCUT2D eigenvalue weighted by Gasteiger charge is 2.26. The maximum absolute atomic E-state index is 5.17. The Kier molecular flexibility index (Phi) is 3.50. The zero-order chi connectivity index (χ0) is 8.86. The van der Waals surface area contributed by atoms with Crippen LogP contribution in [0.2, 0.25) is 0 Å². The average Bonchev–Trinajstić information content (AvgIpc) is 2.07. The molecule has 0 aromatic rings. The molecule has 0 aliphatic heterocycles. The molecule has 0 bridgehead atoms. The van der Waals surface area contributed by atoms with Crippen LogP contribution in [0.4, 0.5) is 0 Å². The van der Waals surface area contributed by atoms with Gasteiger partial charge in [-0.1, -0.05) is 24.3 Å². The van der Waals surface area contributed by atoms with Crippen LogP contribution in [0.1, 0.15) is 6.42 Å². The van der Waals surface area contributed by atoms with Gasteiger partial charge in [0.2, 0.25) is 0 Å². The van der Waals surface area contributed by atoms with Crippen LogP contribution >= 0.6 is 0 Å². The molecule has 1 rings (SSSR count). The number of hydrogen-bond donors (Lipinski definition) is 0. The molecule has 0 radical (unpaired) electrons. The molecule has 0 atom stereocenters. The highest BCUT2D eigenvalue weighted by atomic mass is 16.5. The molecule has 12 heavy (non-hydrogen) atoms. The summed E-state index contributed by atoms with van der Waals surface area (Å²) in [5.41, 5.74) is 0.0677. The van der Waals surface area contributed by atoms with E-state index >= 15 is 0 Å². The van der Waals surface area contributed by atoms with Gasteiger partial charge in [0.05, 0.1) is 13.2 Å². The first-order valence-corrected chi connectivity index (χ1v) is 4.15. The molecule has 0 aromatic carbocycles. The molecule has 2 nitrogen and oxygen atoms in total. The first kappa shape index (κ1) is 9.49. The van der Waals surface area contributed by atoms with Gasteiger partial charge in [0, 0.05) is 19.6 Å². The molecule has 0 spiro atoms. The summed E-state index contributed by atoms with van der Waals surface area (Å²) in [7, 11) is 3.45. The standard InChI is InChI=1S/C10H16O2/c1-11-8-10(9-12-2)6-4-3-5-7-10/h3-6H,7-9H2,1-2H3. The predicted octanol–water partition coefficient (Wildman–Crippen LogP) is 1.78. The van der Waals surface area contributed by atoms with Crippen LogP contribution in [0.25, 0.3) is 0 Å². The molecule has 2 heteroatoms. The lowest BCUT2D eigenvalue weighted by Gasteiger charge is -2.29. The molecule has 68 valence electrons. The van der Waals surface area contributed by atoms with Gasteiger partial charge in [-0.05, 0) is 6.42 Å². The van der Waals surface area contributed by atoms with Crippen molar-refractivity contribution in [2.45, 2.75) is 6.42 Å². The van der Waals surface area contributed by atoms with Crippen molar-refractivity contribution in [1.82, 2.24) is 0 Å². The monoisotopic (exact) mass is 168 g/mol. The lowest BCUT2D eigenvalue weighted by atomic mass is 9.83. The summed E-state index contributed by atoms with van der Waals surface area (Å²) in [4.78, 5) is 0.